The van der Waals surface area contributed by atoms with Crippen LogP contribution in [0.15, 0.2) is 24.3 Å². The molecule has 0 bridgehead atoms. The molecular weight excluding hydrogens is 288 g/mol. The zero-order chi connectivity index (χ0) is 17.1. The summed E-state index contributed by atoms with van der Waals surface area (Å²) in [6.45, 7) is 8.46. The number of aromatic nitrogens is 1. The van der Waals surface area contributed by atoms with E-state index in [1.807, 2.05) is 20.9 Å². The highest BCUT2D eigenvalue weighted by Gasteiger charge is 2.22. The third-order valence-electron chi connectivity index (χ3n) is 4.16. The predicted octanol–water partition coefficient (Wildman–Crippen LogP) is 2.04. The van der Waals surface area contributed by atoms with E-state index < -0.39 is 0 Å². The lowest BCUT2D eigenvalue weighted by molar-refractivity contribution is -0.884. The van der Waals surface area contributed by atoms with E-state index in [4.69, 9.17) is 0 Å². The van der Waals surface area contributed by atoms with Crippen LogP contribution in [0.2, 0.25) is 0 Å². The van der Waals surface area contributed by atoms with Crippen molar-refractivity contribution in [2.45, 2.75) is 34.2 Å². The summed E-state index contributed by atoms with van der Waals surface area (Å²) in [7, 11) is 2.01. The molecule has 2 aromatic rings. The smallest absolute Gasteiger partial charge is 0.233 e. The van der Waals surface area contributed by atoms with Crippen LogP contribution < -0.4 is 4.90 Å². The van der Waals surface area contributed by atoms with Crippen LogP contribution in [0.5, 0.6) is 0 Å². The average molecular weight is 313 g/mol. The Morgan fingerprint density at radius 3 is 2.22 bits per heavy atom. The summed E-state index contributed by atoms with van der Waals surface area (Å²) in [6.07, 6.45) is 0. The number of Topliss-reactive ketones (excluding diaryl/α,β-unsaturated/α-hetero) is 2. The molecule has 0 fully saturated rings. The van der Waals surface area contributed by atoms with Crippen LogP contribution in [0.4, 0.5) is 0 Å². The van der Waals surface area contributed by atoms with Crippen LogP contribution in [0.25, 0.3) is 0 Å². The van der Waals surface area contributed by atoms with Crippen molar-refractivity contribution < 1.29 is 14.5 Å². The number of benzene rings is 1. The highest BCUT2D eigenvalue weighted by atomic mass is 16.1. The van der Waals surface area contributed by atoms with E-state index in [-0.39, 0.29) is 11.6 Å². The van der Waals surface area contributed by atoms with Crippen LogP contribution in [0.3, 0.4) is 0 Å². The van der Waals surface area contributed by atoms with Crippen molar-refractivity contribution in [1.29, 1.82) is 0 Å². The van der Waals surface area contributed by atoms with Gasteiger partial charge in [0.05, 0.1) is 12.7 Å². The van der Waals surface area contributed by atoms with Gasteiger partial charge in [-0.15, -0.1) is 0 Å². The fourth-order valence-electron chi connectivity index (χ4n) is 3.04. The minimum absolute atomic E-state index is 0.00402. The topological polar surface area (TPSA) is 54.4 Å². The molecular formula is C19H25N2O2+. The highest BCUT2D eigenvalue weighted by molar-refractivity contribution is 6.03. The molecule has 2 rings (SSSR count). The number of likely N-dealkylation sites (N-methyl/N-ethyl adjacent to an activating group) is 1. The molecule has 1 heterocycles. The van der Waals surface area contributed by atoms with Crippen molar-refractivity contribution in [3.05, 3.63) is 57.9 Å². The van der Waals surface area contributed by atoms with Crippen LogP contribution in [-0.2, 0) is 6.54 Å². The Balaban J connectivity index is 2.08. The van der Waals surface area contributed by atoms with Gasteiger partial charge in [-0.1, -0.05) is 29.8 Å². The highest BCUT2D eigenvalue weighted by Crippen LogP contribution is 2.18. The molecule has 2 N–H and O–H groups in total. The van der Waals surface area contributed by atoms with Crippen molar-refractivity contribution in [1.82, 2.24) is 4.98 Å². The van der Waals surface area contributed by atoms with Crippen molar-refractivity contribution in [2.75, 3.05) is 13.6 Å². The molecule has 0 radical (unpaired) electrons. The van der Waals surface area contributed by atoms with Gasteiger partial charge in [0.15, 0.2) is 5.78 Å². The second kappa shape index (κ2) is 6.92. The third kappa shape index (κ3) is 3.96. The number of rotatable bonds is 6. The van der Waals surface area contributed by atoms with Crippen molar-refractivity contribution >= 4 is 11.6 Å². The number of hydrogen-bond donors (Lipinski definition) is 2. The molecule has 1 atom stereocenters. The third-order valence-corrected chi connectivity index (χ3v) is 4.16. The van der Waals surface area contributed by atoms with Crippen LogP contribution in [0.1, 0.15) is 50.2 Å². The summed E-state index contributed by atoms with van der Waals surface area (Å²) in [5, 5.41) is 0. The Hall–Kier alpha value is -2.20. The second-order valence-electron chi connectivity index (χ2n) is 6.40. The van der Waals surface area contributed by atoms with E-state index in [0.717, 1.165) is 22.7 Å². The Morgan fingerprint density at radius 1 is 1.09 bits per heavy atom. The van der Waals surface area contributed by atoms with Gasteiger partial charge in [0.1, 0.15) is 13.1 Å². The maximum absolute atomic E-state index is 12.5. The fraction of sp³-hybridized carbons (Fsp3) is 0.368. The number of H-pyrrole nitrogens is 1. The second-order valence-corrected chi connectivity index (χ2v) is 6.40. The number of ketones is 2. The number of quaternary nitrogens is 1. The first-order valence-electron chi connectivity index (χ1n) is 7.89. The summed E-state index contributed by atoms with van der Waals surface area (Å²) in [5.74, 6) is 0.0402. The van der Waals surface area contributed by atoms with Gasteiger partial charge in [0, 0.05) is 16.8 Å². The van der Waals surface area contributed by atoms with Crippen LogP contribution >= 0.6 is 0 Å². The molecule has 4 nitrogen and oxygen atoms in total. The standard InChI is InChI=1S/C19H24N2O2/c1-12-6-8-16(9-7-12)10-21(5)11-17(23)19-13(2)18(15(4)22)14(3)20-19/h6-9,20H,10-11H2,1-5H3/p+1. The fourth-order valence-corrected chi connectivity index (χ4v) is 3.04. The lowest BCUT2D eigenvalue weighted by atomic mass is 10.1. The summed E-state index contributed by atoms with van der Waals surface area (Å²) in [4.78, 5) is 28.4. The van der Waals surface area contributed by atoms with E-state index in [1.165, 1.54) is 18.1 Å². The zero-order valence-electron chi connectivity index (χ0n) is 14.5. The number of nitrogens with one attached hydrogen (secondary N) is 2. The summed E-state index contributed by atoms with van der Waals surface area (Å²) >= 11 is 0. The molecule has 0 saturated heterocycles. The van der Waals surface area contributed by atoms with Gasteiger partial charge in [-0.05, 0) is 33.3 Å². The van der Waals surface area contributed by atoms with E-state index in [1.54, 1.807) is 0 Å². The summed E-state index contributed by atoms with van der Waals surface area (Å²) in [6, 6.07) is 8.37. The number of carbonyl (C=O) groups excluding carboxylic acids is 2. The number of aromatic amines is 1. The van der Waals surface area contributed by atoms with Crippen molar-refractivity contribution in [3.8, 4) is 0 Å². The van der Waals surface area contributed by atoms with Gasteiger partial charge in [-0.3, -0.25) is 9.59 Å². The minimum Gasteiger partial charge on any atom is -0.355 e. The first-order chi connectivity index (χ1) is 10.8. The van der Waals surface area contributed by atoms with Crippen molar-refractivity contribution in [2.24, 2.45) is 0 Å². The van der Waals surface area contributed by atoms with E-state index >= 15 is 0 Å². The predicted molar refractivity (Wildman–Crippen MR) is 91.2 cm³/mol. The Kier molecular flexibility index (Phi) is 5.16. The van der Waals surface area contributed by atoms with Gasteiger partial charge in [0.25, 0.3) is 0 Å². The number of aryl methyl sites for hydroxylation is 2. The van der Waals surface area contributed by atoms with Crippen LogP contribution in [-0.4, -0.2) is 30.1 Å². The molecule has 0 amide bonds. The lowest BCUT2D eigenvalue weighted by Crippen LogP contribution is -3.08. The Morgan fingerprint density at radius 2 is 1.70 bits per heavy atom. The molecule has 1 aromatic heterocycles. The largest absolute Gasteiger partial charge is 0.355 e. The molecule has 122 valence electrons. The molecule has 1 aromatic carbocycles. The Bertz CT molecular complexity index is 727. The lowest BCUT2D eigenvalue weighted by Gasteiger charge is -2.13. The first-order valence-corrected chi connectivity index (χ1v) is 7.89. The minimum atomic E-state index is -0.00402. The molecule has 23 heavy (non-hydrogen) atoms. The van der Waals surface area contributed by atoms with Gasteiger partial charge >= 0.3 is 0 Å². The van der Waals surface area contributed by atoms with Gasteiger partial charge in [0.2, 0.25) is 5.78 Å². The summed E-state index contributed by atoms with van der Waals surface area (Å²) in [5.41, 5.74) is 5.19. The molecule has 4 heteroatoms. The average Bonchev–Trinajstić information content (AvgIpc) is 2.76. The van der Waals surface area contributed by atoms with Gasteiger partial charge in [-0.25, -0.2) is 0 Å². The molecule has 0 spiro atoms. The SMILES string of the molecule is CC(=O)c1c(C)[nH]c(C(=O)C[NH+](C)Cc2ccc(C)cc2)c1C. The monoisotopic (exact) mass is 313 g/mol. The zero-order valence-corrected chi connectivity index (χ0v) is 14.5. The molecule has 0 aliphatic carbocycles. The molecule has 0 aliphatic heterocycles. The maximum atomic E-state index is 12.5. The van der Waals surface area contributed by atoms with Crippen molar-refractivity contribution in [3.63, 3.8) is 0 Å². The van der Waals surface area contributed by atoms with E-state index in [2.05, 4.69) is 36.2 Å². The van der Waals surface area contributed by atoms with E-state index in [9.17, 15) is 9.59 Å². The molecule has 0 aliphatic rings. The van der Waals surface area contributed by atoms with Crippen LogP contribution in [0, 0.1) is 20.8 Å². The van der Waals surface area contributed by atoms with E-state index in [0.29, 0.717) is 17.8 Å². The normalized spacial score (nSPS) is 12.2. The molecule has 0 saturated carbocycles. The number of carbonyl (C=O) groups is 2. The first kappa shape index (κ1) is 17.2. The summed E-state index contributed by atoms with van der Waals surface area (Å²) < 4.78 is 0. The molecule has 1 unspecified atom stereocenters. The Labute approximate surface area is 137 Å². The maximum Gasteiger partial charge on any atom is 0.233 e. The van der Waals surface area contributed by atoms with Gasteiger partial charge < -0.3 is 9.88 Å². The van der Waals surface area contributed by atoms with Gasteiger partial charge in [-0.2, -0.15) is 0 Å². The number of hydrogen-bond acceptors (Lipinski definition) is 2. The quantitative estimate of drug-likeness (QED) is 0.802.